The van der Waals surface area contributed by atoms with E-state index in [4.69, 9.17) is 0 Å². The van der Waals surface area contributed by atoms with Crippen molar-refractivity contribution in [1.29, 1.82) is 0 Å². The molecule has 0 saturated carbocycles. The van der Waals surface area contributed by atoms with Crippen molar-refractivity contribution >= 4 is 55.6 Å². The fourth-order valence-corrected chi connectivity index (χ4v) is 11.9. The Kier molecular flexibility index (Phi) is 8.92. The Bertz CT molecular complexity index is 3610. The molecule has 0 saturated heterocycles. The van der Waals surface area contributed by atoms with Gasteiger partial charge in [-0.1, -0.05) is 66.7 Å². The summed E-state index contributed by atoms with van der Waals surface area (Å²) in [5.74, 6) is 0. The molecule has 0 aliphatic carbocycles. The second kappa shape index (κ2) is 15.2. The third kappa shape index (κ3) is 6.41. The zero-order valence-corrected chi connectivity index (χ0v) is 35.6. The van der Waals surface area contributed by atoms with Crippen molar-refractivity contribution in [1.82, 2.24) is 4.57 Å². The van der Waals surface area contributed by atoms with Gasteiger partial charge in [0.2, 0.25) is 0 Å². The number of fused-ring (bicyclic) bond motifs is 6. The zero-order valence-electron chi connectivity index (χ0n) is 33.9. The summed E-state index contributed by atoms with van der Waals surface area (Å²) in [6.07, 6.45) is 0. The van der Waals surface area contributed by atoms with Gasteiger partial charge in [0, 0.05) is 0 Å². The molecule has 62 heavy (non-hydrogen) atoms. The van der Waals surface area contributed by atoms with Gasteiger partial charge in [0.15, 0.2) is 0 Å². The van der Waals surface area contributed by atoms with Crippen LogP contribution in [0.1, 0.15) is 0 Å². The maximum atomic E-state index is 2.47. The van der Waals surface area contributed by atoms with Crippen molar-refractivity contribution in [3.05, 3.63) is 237 Å². The monoisotopic (exact) mass is 853 g/mol. The number of hydrogen-bond acceptors (Lipinski definition) is 0. The standard InChI is InChI=1S/C60H39NSe/c1-4-15-40(16-5-1)43-21-12-22-44(33-43)48-34-49(36-50(35-48)52-26-14-27-55-54-25-10-11-28-59(54)62-60(52)55)47-29-31-53-56-38-46(42-19-8-3-9-20-42)30-32-57(56)61(58(53)39-47)51-24-13-23-45(37-51)41-17-6-2-7-18-41/h1-39H. The van der Waals surface area contributed by atoms with Gasteiger partial charge in [0.05, 0.1) is 0 Å². The first-order chi connectivity index (χ1) is 30.7. The average molecular weight is 853 g/mol. The molecule has 0 atom stereocenters. The number of hydrogen-bond donors (Lipinski definition) is 0. The molecule has 1 nitrogen and oxygen atoms in total. The fourth-order valence-electron chi connectivity index (χ4n) is 9.34. The molecule has 0 spiro atoms. The molecular formula is C60H39NSe. The molecule has 0 aliphatic rings. The van der Waals surface area contributed by atoms with Gasteiger partial charge in [-0.25, -0.2) is 0 Å². The molecule has 12 aromatic rings. The zero-order chi connectivity index (χ0) is 41.0. The van der Waals surface area contributed by atoms with E-state index >= 15 is 0 Å². The van der Waals surface area contributed by atoms with Crippen LogP contribution in [0.5, 0.6) is 0 Å². The summed E-state index contributed by atoms with van der Waals surface area (Å²) in [6, 6.07) is 87.3. The number of aromatic nitrogens is 1. The van der Waals surface area contributed by atoms with E-state index in [-0.39, 0.29) is 14.5 Å². The van der Waals surface area contributed by atoms with E-state index in [1.54, 1.807) is 0 Å². The van der Waals surface area contributed by atoms with Gasteiger partial charge in [-0.05, 0) is 11.1 Å². The molecular weight excluding hydrogens is 814 g/mol. The average Bonchev–Trinajstić information content (AvgIpc) is 3.90. The number of nitrogens with zero attached hydrogens (tertiary/aromatic N) is 1. The van der Waals surface area contributed by atoms with Crippen LogP contribution < -0.4 is 0 Å². The third-order valence-electron chi connectivity index (χ3n) is 12.4. The van der Waals surface area contributed by atoms with E-state index < -0.39 is 0 Å². The maximum absolute atomic E-state index is 2.47. The predicted octanol–water partition coefficient (Wildman–Crippen LogP) is 16.1. The summed E-state index contributed by atoms with van der Waals surface area (Å²) >= 11 is 0.221. The van der Waals surface area contributed by atoms with Gasteiger partial charge < -0.3 is 0 Å². The van der Waals surface area contributed by atoms with E-state index in [0.29, 0.717) is 0 Å². The van der Waals surface area contributed by atoms with Gasteiger partial charge in [-0.15, -0.1) is 0 Å². The summed E-state index contributed by atoms with van der Waals surface area (Å²) in [7, 11) is 0. The molecule has 0 aliphatic heterocycles. The Morgan fingerprint density at radius 3 is 1.47 bits per heavy atom. The van der Waals surface area contributed by atoms with Crippen LogP contribution in [0, 0.1) is 0 Å². The van der Waals surface area contributed by atoms with Gasteiger partial charge in [0.25, 0.3) is 0 Å². The van der Waals surface area contributed by atoms with Crippen molar-refractivity contribution in [3.63, 3.8) is 0 Å². The van der Waals surface area contributed by atoms with E-state index in [2.05, 4.69) is 241 Å². The first kappa shape index (κ1) is 36.4. The van der Waals surface area contributed by atoms with Crippen LogP contribution in [0.15, 0.2) is 237 Å². The quantitative estimate of drug-likeness (QED) is 0.141. The Labute approximate surface area is 367 Å². The second-order valence-electron chi connectivity index (χ2n) is 16.1. The molecule has 0 amide bonds. The van der Waals surface area contributed by atoms with Crippen molar-refractivity contribution < 1.29 is 0 Å². The van der Waals surface area contributed by atoms with Crippen LogP contribution >= 0.6 is 0 Å². The second-order valence-corrected chi connectivity index (χ2v) is 18.3. The van der Waals surface area contributed by atoms with Crippen molar-refractivity contribution in [2.45, 2.75) is 0 Å². The molecule has 0 bridgehead atoms. The van der Waals surface area contributed by atoms with Gasteiger partial charge in [-0.3, -0.25) is 0 Å². The van der Waals surface area contributed by atoms with E-state index in [9.17, 15) is 0 Å². The fraction of sp³-hybridized carbons (Fsp3) is 0. The first-order valence-electron chi connectivity index (χ1n) is 21.2. The van der Waals surface area contributed by atoms with Crippen LogP contribution in [0.25, 0.3) is 114 Å². The van der Waals surface area contributed by atoms with Crippen molar-refractivity contribution in [2.24, 2.45) is 0 Å². The van der Waals surface area contributed by atoms with Crippen LogP contribution in [0.3, 0.4) is 0 Å². The predicted molar refractivity (Wildman–Crippen MR) is 265 cm³/mol. The Morgan fingerprint density at radius 2 is 0.758 bits per heavy atom. The third-order valence-corrected chi connectivity index (χ3v) is 14.9. The first-order valence-corrected chi connectivity index (χ1v) is 22.9. The Balaban J connectivity index is 1.09. The van der Waals surface area contributed by atoms with Crippen LogP contribution in [-0.4, -0.2) is 19.1 Å². The summed E-state index contributed by atoms with van der Waals surface area (Å²) in [4.78, 5) is 0. The number of benzene rings is 10. The summed E-state index contributed by atoms with van der Waals surface area (Å²) in [6.45, 7) is 0. The Hall–Kier alpha value is -7.48. The SMILES string of the molecule is c1ccc(-c2cccc(-c3cc(-c4ccc5c6cc(-c7ccccc7)ccc6n(-c6cccc(-c7ccccc7)c6)c5c4)cc(-c4cccc5c4[se]c4ccccc45)c3)c2)cc1. The minimum atomic E-state index is 0.221. The van der Waals surface area contributed by atoms with Gasteiger partial charge in [0.1, 0.15) is 0 Å². The van der Waals surface area contributed by atoms with E-state index in [1.807, 2.05) is 0 Å². The topological polar surface area (TPSA) is 4.93 Å². The molecule has 290 valence electrons. The molecule has 2 heterocycles. The van der Waals surface area contributed by atoms with E-state index in [0.717, 1.165) is 5.69 Å². The van der Waals surface area contributed by atoms with Crippen LogP contribution in [-0.2, 0) is 0 Å². The minimum absolute atomic E-state index is 0.221. The van der Waals surface area contributed by atoms with Gasteiger partial charge >= 0.3 is 291 Å². The van der Waals surface area contributed by atoms with E-state index in [1.165, 1.54) is 108 Å². The number of rotatable bonds is 7. The summed E-state index contributed by atoms with van der Waals surface area (Å²) in [5.41, 5.74) is 18.2. The van der Waals surface area contributed by atoms with Gasteiger partial charge in [-0.2, -0.15) is 0 Å². The molecule has 0 fully saturated rings. The van der Waals surface area contributed by atoms with Crippen molar-refractivity contribution in [3.8, 4) is 72.4 Å². The molecule has 2 heteroatoms. The summed E-state index contributed by atoms with van der Waals surface area (Å²) in [5, 5.41) is 5.22. The Morgan fingerprint density at radius 1 is 0.258 bits per heavy atom. The molecule has 10 aromatic carbocycles. The van der Waals surface area contributed by atoms with Crippen molar-refractivity contribution in [2.75, 3.05) is 0 Å². The normalized spacial score (nSPS) is 11.5. The molecule has 0 unspecified atom stereocenters. The molecule has 12 rings (SSSR count). The summed E-state index contributed by atoms with van der Waals surface area (Å²) < 4.78 is 5.39. The molecule has 2 aromatic heterocycles. The molecule has 0 radical (unpaired) electrons. The van der Waals surface area contributed by atoms with Crippen LogP contribution in [0.2, 0.25) is 0 Å². The van der Waals surface area contributed by atoms with Crippen LogP contribution in [0.4, 0.5) is 0 Å². The molecule has 0 N–H and O–H groups in total.